The summed E-state index contributed by atoms with van der Waals surface area (Å²) in [7, 11) is 1.55. The number of amides is 2. The first-order valence-electron chi connectivity index (χ1n) is 14.1. The lowest BCUT2D eigenvalue weighted by molar-refractivity contribution is -0.136. The zero-order valence-corrected chi connectivity index (χ0v) is 25.4. The number of aromatic nitrogens is 1. The van der Waals surface area contributed by atoms with Gasteiger partial charge in [-0.15, -0.1) is 0 Å². The normalized spacial score (nSPS) is 13.4. The maximum absolute atomic E-state index is 15.1. The third-order valence-corrected chi connectivity index (χ3v) is 7.97. The van der Waals surface area contributed by atoms with E-state index in [4.69, 9.17) is 37.4 Å². The quantitative estimate of drug-likeness (QED) is 0.178. The summed E-state index contributed by atoms with van der Waals surface area (Å²) in [5, 5.41) is 9.71. The van der Waals surface area contributed by atoms with Gasteiger partial charge in [-0.1, -0.05) is 29.3 Å². The number of halogens is 3. The van der Waals surface area contributed by atoms with Crippen molar-refractivity contribution in [2.45, 2.75) is 19.3 Å². The van der Waals surface area contributed by atoms with Gasteiger partial charge in [-0.25, -0.2) is 4.39 Å². The zero-order valence-electron chi connectivity index (χ0n) is 23.9. The van der Waals surface area contributed by atoms with Crippen molar-refractivity contribution in [2.24, 2.45) is 5.92 Å². The molecule has 1 aliphatic rings. The second-order valence-corrected chi connectivity index (χ2v) is 11.1. The van der Waals surface area contributed by atoms with Gasteiger partial charge in [0.05, 0.1) is 23.8 Å². The fourth-order valence-electron chi connectivity index (χ4n) is 4.87. The Morgan fingerprint density at radius 3 is 2.52 bits per heavy atom. The SMILES string of the molecule is COc1c(OCC2CCNCC2)ccc2c(Oc3ccc(NC(=O)C(=O)NCCc4ccc(Cl)c(Cl)c4)cc3F)ccnc12. The average Bonchev–Trinajstić information content (AvgIpc) is 3.03. The number of anilines is 1. The van der Waals surface area contributed by atoms with Gasteiger partial charge >= 0.3 is 11.8 Å². The van der Waals surface area contributed by atoms with Gasteiger partial charge in [0, 0.05) is 29.9 Å². The minimum atomic E-state index is -0.933. The molecule has 12 heteroatoms. The number of nitrogens with zero attached hydrogens (tertiary/aromatic N) is 1. The molecule has 0 aliphatic carbocycles. The smallest absolute Gasteiger partial charge is 0.313 e. The highest BCUT2D eigenvalue weighted by atomic mass is 35.5. The van der Waals surface area contributed by atoms with Crippen LogP contribution >= 0.6 is 23.2 Å². The first kappa shape index (κ1) is 31.3. The van der Waals surface area contributed by atoms with Crippen LogP contribution in [0.1, 0.15) is 18.4 Å². The number of methoxy groups -OCH3 is 1. The molecular weight excluding hydrogens is 610 g/mol. The highest BCUT2D eigenvalue weighted by Gasteiger charge is 2.19. The van der Waals surface area contributed by atoms with Crippen molar-refractivity contribution >= 4 is 51.6 Å². The van der Waals surface area contributed by atoms with Crippen LogP contribution in [-0.4, -0.2) is 50.1 Å². The Morgan fingerprint density at radius 1 is 0.977 bits per heavy atom. The fourth-order valence-corrected chi connectivity index (χ4v) is 5.19. The third-order valence-electron chi connectivity index (χ3n) is 7.23. The number of ether oxygens (including phenoxy) is 3. The van der Waals surface area contributed by atoms with Crippen LogP contribution in [0.3, 0.4) is 0 Å². The highest BCUT2D eigenvalue weighted by Crippen LogP contribution is 2.40. The Balaban J connectivity index is 1.21. The van der Waals surface area contributed by atoms with Gasteiger partial charge in [0.25, 0.3) is 0 Å². The van der Waals surface area contributed by atoms with Crippen molar-refractivity contribution in [2.75, 3.05) is 38.7 Å². The number of benzene rings is 3. The number of hydrogen-bond acceptors (Lipinski definition) is 7. The first-order chi connectivity index (χ1) is 21.3. The number of pyridine rings is 1. The molecule has 3 aromatic carbocycles. The van der Waals surface area contributed by atoms with E-state index in [1.165, 1.54) is 12.1 Å². The van der Waals surface area contributed by atoms with Crippen LogP contribution in [0.2, 0.25) is 10.0 Å². The topological polar surface area (TPSA) is 111 Å². The van der Waals surface area contributed by atoms with Gasteiger partial charge < -0.3 is 30.2 Å². The molecule has 230 valence electrons. The summed E-state index contributed by atoms with van der Waals surface area (Å²) in [6, 6.07) is 14.2. The van der Waals surface area contributed by atoms with E-state index in [1.54, 1.807) is 49.7 Å². The largest absolute Gasteiger partial charge is 0.491 e. The van der Waals surface area contributed by atoms with E-state index in [0.717, 1.165) is 37.6 Å². The van der Waals surface area contributed by atoms with E-state index in [-0.39, 0.29) is 18.0 Å². The predicted molar refractivity (Wildman–Crippen MR) is 168 cm³/mol. The van der Waals surface area contributed by atoms with E-state index in [2.05, 4.69) is 20.9 Å². The van der Waals surface area contributed by atoms with Crippen LogP contribution in [0.5, 0.6) is 23.0 Å². The molecule has 0 saturated carbocycles. The van der Waals surface area contributed by atoms with Gasteiger partial charge in [-0.05, 0) is 86.3 Å². The van der Waals surface area contributed by atoms with Crippen molar-refractivity contribution in [3.8, 4) is 23.0 Å². The standard InChI is InChI=1S/C32H31Cl2FN4O5/c1-42-30-28(43-18-20-8-12-36-13-9-20)7-4-22-26(11-15-37-29(22)30)44-27-6-3-21(17-25(27)35)39-32(41)31(40)38-14-10-19-2-5-23(33)24(34)16-19/h2-7,11,15-17,20,36H,8-10,12-14,18H2,1H3,(H,38,40)(H,39,41). The number of hydrogen-bond donors (Lipinski definition) is 3. The third kappa shape index (κ3) is 7.68. The Bertz CT molecular complexity index is 1670. The molecule has 0 spiro atoms. The highest BCUT2D eigenvalue weighted by molar-refractivity contribution is 6.42. The minimum absolute atomic E-state index is 0.0771. The number of fused-ring (bicyclic) bond motifs is 1. The van der Waals surface area contributed by atoms with Crippen LogP contribution in [0.4, 0.5) is 10.1 Å². The van der Waals surface area contributed by atoms with E-state index in [1.807, 2.05) is 0 Å². The van der Waals surface area contributed by atoms with E-state index < -0.39 is 17.6 Å². The summed E-state index contributed by atoms with van der Waals surface area (Å²) in [5.74, 6) is -0.739. The van der Waals surface area contributed by atoms with E-state index in [9.17, 15) is 9.59 Å². The molecule has 1 aliphatic heterocycles. The predicted octanol–water partition coefficient (Wildman–Crippen LogP) is 6.16. The molecule has 0 unspecified atom stereocenters. The number of rotatable bonds is 10. The Morgan fingerprint density at radius 2 is 1.77 bits per heavy atom. The van der Waals surface area contributed by atoms with E-state index >= 15 is 4.39 Å². The first-order valence-corrected chi connectivity index (χ1v) is 14.9. The Kier molecular flexibility index (Phi) is 10.4. The van der Waals surface area contributed by atoms with Gasteiger partial charge in [0.1, 0.15) is 11.3 Å². The van der Waals surface area contributed by atoms with Crippen LogP contribution in [-0.2, 0) is 16.0 Å². The molecule has 1 fully saturated rings. The molecule has 44 heavy (non-hydrogen) atoms. The molecule has 0 bridgehead atoms. The van der Waals surface area contributed by atoms with Crippen molar-refractivity contribution < 1.29 is 28.2 Å². The van der Waals surface area contributed by atoms with Crippen LogP contribution in [0.25, 0.3) is 10.9 Å². The lowest BCUT2D eigenvalue weighted by atomic mass is 9.99. The van der Waals surface area contributed by atoms with Crippen molar-refractivity contribution in [3.63, 3.8) is 0 Å². The summed E-state index contributed by atoms with van der Waals surface area (Å²) in [5.41, 5.74) is 1.46. The van der Waals surface area contributed by atoms with Gasteiger partial charge in [-0.2, -0.15) is 0 Å². The molecule has 1 saturated heterocycles. The number of piperidine rings is 1. The zero-order chi connectivity index (χ0) is 31.1. The molecule has 2 heterocycles. The molecule has 2 amide bonds. The second kappa shape index (κ2) is 14.6. The van der Waals surface area contributed by atoms with Crippen LogP contribution < -0.4 is 30.2 Å². The molecule has 3 N–H and O–H groups in total. The number of carbonyl (C=O) groups is 2. The molecular formula is C32H31Cl2FN4O5. The molecule has 0 radical (unpaired) electrons. The Labute approximate surface area is 264 Å². The maximum Gasteiger partial charge on any atom is 0.313 e. The molecule has 5 rings (SSSR count). The summed E-state index contributed by atoms with van der Waals surface area (Å²) in [4.78, 5) is 29.1. The molecule has 0 atom stereocenters. The molecule has 4 aromatic rings. The Hall–Kier alpha value is -4.12. The summed E-state index contributed by atoms with van der Waals surface area (Å²) in [6.45, 7) is 2.73. The minimum Gasteiger partial charge on any atom is -0.491 e. The monoisotopic (exact) mass is 640 g/mol. The fraction of sp³-hybridized carbons (Fsp3) is 0.281. The van der Waals surface area contributed by atoms with Crippen molar-refractivity contribution in [1.82, 2.24) is 15.6 Å². The van der Waals surface area contributed by atoms with Gasteiger partial charge in [-0.3, -0.25) is 14.6 Å². The summed E-state index contributed by atoms with van der Waals surface area (Å²) >= 11 is 11.9. The summed E-state index contributed by atoms with van der Waals surface area (Å²) in [6.07, 6.45) is 4.09. The van der Waals surface area contributed by atoms with Crippen LogP contribution in [0.15, 0.2) is 60.8 Å². The van der Waals surface area contributed by atoms with Gasteiger partial charge in [0.15, 0.2) is 23.1 Å². The van der Waals surface area contributed by atoms with Crippen molar-refractivity contribution in [1.29, 1.82) is 0 Å². The number of nitrogens with one attached hydrogen (secondary N) is 3. The second-order valence-electron chi connectivity index (χ2n) is 10.3. The summed E-state index contributed by atoms with van der Waals surface area (Å²) < 4.78 is 32.7. The maximum atomic E-state index is 15.1. The van der Waals surface area contributed by atoms with Gasteiger partial charge in [0.2, 0.25) is 0 Å². The molecule has 1 aromatic heterocycles. The van der Waals surface area contributed by atoms with Crippen LogP contribution in [0, 0.1) is 11.7 Å². The van der Waals surface area contributed by atoms with Crippen molar-refractivity contribution in [3.05, 3.63) is 82.2 Å². The molecule has 9 nitrogen and oxygen atoms in total. The lowest BCUT2D eigenvalue weighted by Gasteiger charge is -2.23. The number of carbonyl (C=O) groups excluding carboxylic acids is 2. The lowest BCUT2D eigenvalue weighted by Crippen LogP contribution is -2.36. The average molecular weight is 642 g/mol. The van der Waals surface area contributed by atoms with E-state index in [0.29, 0.717) is 57.1 Å².